The second-order valence-electron chi connectivity index (χ2n) is 3.37. The van der Waals surface area contributed by atoms with Crippen LogP contribution in [-0.4, -0.2) is 23.0 Å². The molecular weight excluding hydrogens is 254 g/mol. The fourth-order valence-electron chi connectivity index (χ4n) is 1.38. The molecule has 0 saturated carbocycles. The molecule has 0 radical (unpaired) electrons. The average Bonchev–Trinajstić information content (AvgIpc) is 2.38. The molecule has 0 unspecified atom stereocenters. The van der Waals surface area contributed by atoms with Crippen molar-refractivity contribution in [3.63, 3.8) is 0 Å². The van der Waals surface area contributed by atoms with Crippen molar-refractivity contribution in [1.29, 1.82) is 0 Å². The maximum Gasteiger partial charge on any atom is 0.262 e. The molecule has 0 aliphatic heterocycles. The van der Waals surface area contributed by atoms with Crippen molar-refractivity contribution in [3.05, 3.63) is 47.2 Å². The molecular formula is C12H10ClN3O2. The second-order valence-corrected chi connectivity index (χ2v) is 3.81. The van der Waals surface area contributed by atoms with Crippen LogP contribution in [0.15, 0.2) is 36.7 Å². The van der Waals surface area contributed by atoms with Gasteiger partial charge in [0.15, 0.2) is 0 Å². The molecule has 2 aromatic heterocycles. The van der Waals surface area contributed by atoms with Gasteiger partial charge in [0.25, 0.3) is 5.91 Å². The van der Waals surface area contributed by atoms with Gasteiger partial charge in [-0.3, -0.25) is 4.79 Å². The highest BCUT2D eigenvalue weighted by atomic mass is 35.5. The summed E-state index contributed by atoms with van der Waals surface area (Å²) in [5.74, 6) is 0.283. The maximum absolute atomic E-state index is 12.0. The van der Waals surface area contributed by atoms with Gasteiger partial charge in [-0.05, 0) is 24.3 Å². The molecule has 0 bridgehead atoms. The third-order valence-electron chi connectivity index (χ3n) is 2.17. The maximum atomic E-state index is 12.0. The number of nitrogens with one attached hydrogen (secondary N) is 1. The number of ether oxygens (including phenoxy) is 1. The first-order chi connectivity index (χ1) is 8.70. The number of hydrogen-bond donors (Lipinski definition) is 1. The van der Waals surface area contributed by atoms with E-state index in [1.165, 1.54) is 13.3 Å². The molecule has 2 aromatic rings. The van der Waals surface area contributed by atoms with E-state index in [2.05, 4.69) is 15.3 Å². The number of carbonyl (C=O) groups is 1. The molecule has 1 amide bonds. The number of pyridine rings is 2. The van der Waals surface area contributed by atoms with Crippen molar-refractivity contribution in [2.75, 3.05) is 12.4 Å². The second kappa shape index (κ2) is 5.46. The van der Waals surface area contributed by atoms with Gasteiger partial charge in [0, 0.05) is 17.4 Å². The molecule has 2 heterocycles. The molecule has 0 aliphatic rings. The summed E-state index contributed by atoms with van der Waals surface area (Å²) in [4.78, 5) is 19.9. The number of amides is 1. The quantitative estimate of drug-likeness (QED) is 0.923. The van der Waals surface area contributed by atoms with Crippen molar-refractivity contribution < 1.29 is 9.53 Å². The average molecular weight is 264 g/mol. The topological polar surface area (TPSA) is 64.1 Å². The standard InChI is InChI=1S/C12H10ClN3O2/c1-18-12-9(3-2-5-15-12)11(17)16-10-7-8(13)4-6-14-10/h2-7H,1H3,(H,14,16,17). The Bertz CT molecular complexity index is 575. The minimum absolute atomic E-state index is 0.261. The summed E-state index contributed by atoms with van der Waals surface area (Å²) in [6, 6.07) is 6.46. The summed E-state index contributed by atoms with van der Waals surface area (Å²) in [6.45, 7) is 0. The van der Waals surface area contributed by atoms with Crippen LogP contribution in [0.25, 0.3) is 0 Å². The SMILES string of the molecule is COc1ncccc1C(=O)Nc1cc(Cl)ccn1. The predicted octanol–water partition coefficient (Wildman–Crippen LogP) is 2.39. The lowest BCUT2D eigenvalue weighted by molar-refractivity contribution is 0.102. The number of hydrogen-bond acceptors (Lipinski definition) is 4. The third kappa shape index (κ3) is 2.75. The molecule has 0 atom stereocenters. The Kier molecular flexibility index (Phi) is 3.74. The van der Waals surface area contributed by atoms with E-state index in [-0.39, 0.29) is 11.8 Å². The highest BCUT2D eigenvalue weighted by Crippen LogP contribution is 2.17. The fraction of sp³-hybridized carbons (Fsp3) is 0.0833. The molecule has 6 heteroatoms. The van der Waals surface area contributed by atoms with Crippen LogP contribution in [0.3, 0.4) is 0 Å². The van der Waals surface area contributed by atoms with Crippen LogP contribution in [-0.2, 0) is 0 Å². The summed E-state index contributed by atoms with van der Waals surface area (Å²) >= 11 is 5.80. The largest absolute Gasteiger partial charge is 0.480 e. The van der Waals surface area contributed by atoms with Gasteiger partial charge in [-0.25, -0.2) is 9.97 Å². The molecule has 5 nitrogen and oxygen atoms in total. The molecule has 0 spiro atoms. The van der Waals surface area contributed by atoms with Crippen LogP contribution >= 0.6 is 11.6 Å². The Morgan fingerprint density at radius 3 is 2.89 bits per heavy atom. The lowest BCUT2D eigenvalue weighted by Gasteiger charge is -2.07. The van der Waals surface area contributed by atoms with Crippen molar-refractivity contribution in [2.45, 2.75) is 0 Å². The number of carbonyl (C=O) groups excluding carboxylic acids is 1. The predicted molar refractivity (Wildman–Crippen MR) is 68.0 cm³/mol. The first kappa shape index (κ1) is 12.3. The molecule has 1 N–H and O–H groups in total. The molecule has 0 aliphatic carbocycles. The number of nitrogens with zero attached hydrogens (tertiary/aromatic N) is 2. The number of rotatable bonds is 3. The number of halogens is 1. The van der Waals surface area contributed by atoms with Gasteiger partial charge in [-0.1, -0.05) is 11.6 Å². The first-order valence-electron chi connectivity index (χ1n) is 5.12. The summed E-state index contributed by atoms with van der Waals surface area (Å²) < 4.78 is 5.01. The van der Waals surface area contributed by atoms with Gasteiger partial charge in [0.2, 0.25) is 5.88 Å². The van der Waals surface area contributed by atoms with Gasteiger partial charge in [0.1, 0.15) is 11.4 Å². The Labute approximate surface area is 109 Å². The molecule has 0 aromatic carbocycles. The normalized spacial score (nSPS) is 9.89. The lowest BCUT2D eigenvalue weighted by Crippen LogP contribution is -2.14. The highest BCUT2D eigenvalue weighted by Gasteiger charge is 2.13. The van der Waals surface area contributed by atoms with E-state index in [0.717, 1.165) is 0 Å². The molecule has 92 valence electrons. The Morgan fingerprint density at radius 1 is 1.33 bits per heavy atom. The van der Waals surface area contributed by atoms with E-state index in [0.29, 0.717) is 16.4 Å². The van der Waals surface area contributed by atoms with Crippen LogP contribution in [0, 0.1) is 0 Å². The molecule has 0 saturated heterocycles. The van der Waals surface area contributed by atoms with Crippen LogP contribution in [0.2, 0.25) is 5.02 Å². The van der Waals surface area contributed by atoms with E-state index in [1.54, 1.807) is 30.5 Å². The van der Waals surface area contributed by atoms with Gasteiger partial charge in [0.05, 0.1) is 7.11 Å². The van der Waals surface area contributed by atoms with E-state index in [9.17, 15) is 4.79 Å². The Hall–Kier alpha value is -2.14. The van der Waals surface area contributed by atoms with E-state index < -0.39 is 0 Å². The summed E-state index contributed by atoms with van der Waals surface area (Å²) in [7, 11) is 1.46. The van der Waals surface area contributed by atoms with E-state index in [1.807, 2.05) is 0 Å². The Morgan fingerprint density at radius 2 is 2.17 bits per heavy atom. The molecule has 2 rings (SSSR count). The lowest BCUT2D eigenvalue weighted by atomic mass is 10.2. The summed E-state index contributed by atoms with van der Waals surface area (Å²) in [5, 5.41) is 3.12. The zero-order chi connectivity index (χ0) is 13.0. The van der Waals surface area contributed by atoms with Crippen molar-refractivity contribution in [2.24, 2.45) is 0 Å². The van der Waals surface area contributed by atoms with Crippen molar-refractivity contribution in [3.8, 4) is 5.88 Å². The van der Waals surface area contributed by atoms with Crippen molar-refractivity contribution in [1.82, 2.24) is 9.97 Å². The van der Waals surface area contributed by atoms with Crippen molar-refractivity contribution >= 4 is 23.3 Å². The minimum atomic E-state index is -0.352. The van der Waals surface area contributed by atoms with Gasteiger partial charge in [-0.2, -0.15) is 0 Å². The number of anilines is 1. The first-order valence-corrected chi connectivity index (χ1v) is 5.50. The fourth-order valence-corrected chi connectivity index (χ4v) is 1.54. The third-order valence-corrected chi connectivity index (χ3v) is 2.41. The number of aromatic nitrogens is 2. The summed E-state index contributed by atoms with van der Waals surface area (Å²) in [6.07, 6.45) is 3.06. The zero-order valence-electron chi connectivity index (χ0n) is 9.55. The van der Waals surface area contributed by atoms with E-state index in [4.69, 9.17) is 16.3 Å². The summed E-state index contributed by atoms with van der Waals surface area (Å²) in [5.41, 5.74) is 0.335. The molecule has 18 heavy (non-hydrogen) atoms. The van der Waals surface area contributed by atoms with Crippen LogP contribution < -0.4 is 10.1 Å². The smallest absolute Gasteiger partial charge is 0.262 e. The monoisotopic (exact) mass is 263 g/mol. The Balaban J connectivity index is 2.22. The van der Waals surface area contributed by atoms with Gasteiger partial charge < -0.3 is 10.1 Å². The van der Waals surface area contributed by atoms with Gasteiger partial charge >= 0.3 is 0 Å². The van der Waals surface area contributed by atoms with Crippen LogP contribution in [0.4, 0.5) is 5.82 Å². The van der Waals surface area contributed by atoms with Crippen LogP contribution in [0.5, 0.6) is 5.88 Å². The minimum Gasteiger partial charge on any atom is -0.480 e. The zero-order valence-corrected chi connectivity index (χ0v) is 10.3. The van der Waals surface area contributed by atoms with Gasteiger partial charge in [-0.15, -0.1) is 0 Å². The highest BCUT2D eigenvalue weighted by molar-refractivity contribution is 6.30. The van der Waals surface area contributed by atoms with E-state index >= 15 is 0 Å². The van der Waals surface area contributed by atoms with Crippen LogP contribution in [0.1, 0.15) is 10.4 Å². The number of methoxy groups -OCH3 is 1. The molecule has 0 fully saturated rings.